The van der Waals surface area contributed by atoms with E-state index in [1.165, 1.54) is 0 Å². The van der Waals surface area contributed by atoms with Crippen molar-refractivity contribution in [3.05, 3.63) is 40.8 Å². The molecule has 8 heteroatoms. The first-order valence-electron chi connectivity index (χ1n) is 9.71. The third-order valence-corrected chi connectivity index (χ3v) is 4.93. The van der Waals surface area contributed by atoms with Crippen molar-refractivity contribution in [2.24, 2.45) is 0 Å². The number of carbonyl (C=O) groups excluding carboxylic acids is 2. The second-order valence-electron chi connectivity index (χ2n) is 7.21. The zero-order valence-corrected chi connectivity index (χ0v) is 16.5. The standard InChI is InChI=1S/C20H27N5O3/c1-4-9-21-20(27)28-15-7-6-14(10-15)17-11-18(25-24-17)23-19(26)16-8-5-12(2)22-13(16)3/h5,8,11,14-15H,4,6-7,9-10H2,1-3H3,(H,21,27)(H2,23,24,25,26)/t14-,15+/m0/s1. The Morgan fingerprint density at radius 1 is 1.29 bits per heavy atom. The average Bonchev–Trinajstić information content (AvgIpc) is 3.29. The van der Waals surface area contributed by atoms with E-state index < -0.39 is 0 Å². The highest BCUT2D eigenvalue weighted by Crippen LogP contribution is 2.35. The molecule has 0 saturated heterocycles. The molecule has 0 bridgehead atoms. The predicted molar refractivity (Wildman–Crippen MR) is 105 cm³/mol. The van der Waals surface area contributed by atoms with Gasteiger partial charge < -0.3 is 15.4 Å². The number of aromatic nitrogens is 3. The van der Waals surface area contributed by atoms with E-state index >= 15 is 0 Å². The van der Waals surface area contributed by atoms with Gasteiger partial charge in [-0.3, -0.25) is 14.9 Å². The van der Waals surface area contributed by atoms with Crippen LogP contribution in [0.15, 0.2) is 18.2 Å². The summed E-state index contributed by atoms with van der Waals surface area (Å²) in [4.78, 5) is 28.5. The molecular formula is C20H27N5O3. The van der Waals surface area contributed by atoms with Crippen LogP contribution in [0.2, 0.25) is 0 Å². The van der Waals surface area contributed by atoms with Gasteiger partial charge in [-0.2, -0.15) is 5.10 Å². The molecule has 0 spiro atoms. The lowest BCUT2D eigenvalue weighted by Gasteiger charge is -2.12. The lowest BCUT2D eigenvalue weighted by molar-refractivity contribution is 0.0998. The number of ether oxygens (including phenoxy) is 1. The van der Waals surface area contributed by atoms with Crippen molar-refractivity contribution in [1.82, 2.24) is 20.5 Å². The van der Waals surface area contributed by atoms with Gasteiger partial charge in [-0.05, 0) is 51.7 Å². The smallest absolute Gasteiger partial charge is 0.407 e. The Hall–Kier alpha value is -2.90. The summed E-state index contributed by atoms with van der Waals surface area (Å²) < 4.78 is 5.46. The molecule has 150 valence electrons. The van der Waals surface area contributed by atoms with Gasteiger partial charge in [-0.1, -0.05) is 6.92 Å². The lowest BCUT2D eigenvalue weighted by atomic mass is 10.0. The van der Waals surface area contributed by atoms with Crippen molar-refractivity contribution in [1.29, 1.82) is 0 Å². The van der Waals surface area contributed by atoms with Gasteiger partial charge in [-0.15, -0.1) is 0 Å². The SMILES string of the molecule is CCCNC(=O)O[C@@H]1CC[C@H](c2cc(NC(=O)c3ccc(C)nc3C)n[nH]2)C1. The topological polar surface area (TPSA) is 109 Å². The number of H-pyrrole nitrogens is 1. The summed E-state index contributed by atoms with van der Waals surface area (Å²) in [7, 11) is 0. The number of aromatic amines is 1. The second kappa shape index (κ2) is 8.86. The molecule has 3 N–H and O–H groups in total. The molecule has 2 aromatic rings. The number of hydrogen-bond donors (Lipinski definition) is 3. The number of alkyl carbamates (subject to hydrolysis) is 1. The molecule has 1 aliphatic rings. The summed E-state index contributed by atoms with van der Waals surface area (Å²) in [5.74, 6) is 0.471. The van der Waals surface area contributed by atoms with Crippen LogP contribution in [0.1, 0.15) is 66.0 Å². The van der Waals surface area contributed by atoms with E-state index in [-0.39, 0.29) is 24.0 Å². The normalized spacial score (nSPS) is 18.7. The van der Waals surface area contributed by atoms with E-state index in [0.29, 0.717) is 23.6 Å². The van der Waals surface area contributed by atoms with Crippen LogP contribution in [0.4, 0.5) is 10.6 Å². The third-order valence-electron chi connectivity index (χ3n) is 4.93. The molecule has 2 heterocycles. The molecule has 0 aromatic carbocycles. The number of aryl methyl sites for hydroxylation is 2. The summed E-state index contributed by atoms with van der Waals surface area (Å²) in [6, 6.07) is 5.43. The van der Waals surface area contributed by atoms with Gasteiger partial charge in [0, 0.05) is 29.9 Å². The Morgan fingerprint density at radius 2 is 2.11 bits per heavy atom. The number of amides is 2. The van der Waals surface area contributed by atoms with Crippen LogP contribution in [-0.4, -0.2) is 39.8 Å². The maximum atomic E-state index is 12.5. The first-order chi connectivity index (χ1) is 13.5. The number of anilines is 1. The average molecular weight is 385 g/mol. The van der Waals surface area contributed by atoms with Crippen LogP contribution in [0.25, 0.3) is 0 Å². The van der Waals surface area contributed by atoms with E-state index in [9.17, 15) is 9.59 Å². The summed E-state index contributed by atoms with van der Waals surface area (Å²) in [5, 5.41) is 12.7. The van der Waals surface area contributed by atoms with Gasteiger partial charge in [0.05, 0.1) is 11.3 Å². The largest absolute Gasteiger partial charge is 0.446 e. The minimum Gasteiger partial charge on any atom is -0.446 e. The maximum absolute atomic E-state index is 12.5. The summed E-state index contributed by atoms with van der Waals surface area (Å²) in [6.45, 7) is 6.32. The van der Waals surface area contributed by atoms with Crippen LogP contribution >= 0.6 is 0 Å². The van der Waals surface area contributed by atoms with Gasteiger partial charge in [0.25, 0.3) is 5.91 Å². The van der Waals surface area contributed by atoms with Crippen molar-refractivity contribution in [2.75, 3.05) is 11.9 Å². The van der Waals surface area contributed by atoms with E-state index in [2.05, 4.69) is 25.8 Å². The molecule has 2 amide bonds. The fourth-order valence-corrected chi connectivity index (χ4v) is 3.47. The number of pyridine rings is 1. The van der Waals surface area contributed by atoms with Gasteiger partial charge in [0.2, 0.25) is 0 Å². The van der Waals surface area contributed by atoms with Crippen LogP contribution in [0, 0.1) is 13.8 Å². The molecule has 1 aliphatic carbocycles. The zero-order valence-electron chi connectivity index (χ0n) is 16.5. The molecule has 3 rings (SSSR count). The first-order valence-corrected chi connectivity index (χ1v) is 9.71. The van der Waals surface area contributed by atoms with Crippen molar-refractivity contribution in [3.8, 4) is 0 Å². The number of carbonyl (C=O) groups is 2. The van der Waals surface area contributed by atoms with E-state index in [0.717, 1.165) is 37.1 Å². The molecule has 1 saturated carbocycles. The van der Waals surface area contributed by atoms with Crippen LogP contribution in [-0.2, 0) is 4.74 Å². The fourth-order valence-electron chi connectivity index (χ4n) is 3.47. The van der Waals surface area contributed by atoms with Crippen molar-refractivity contribution >= 4 is 17.8 Å². The molecule has 28 heavy (non-hydrogen) atoms. The van der Waals surface area contributed by atoms with Gasteiger partial charge in [0.15, 0.2) is 5.82 Å². The lowest BCUT2D eigenvalue weighted by Crippen LogP contribution is -2.28. The Kier molecular flexibility index (Phi) is 6.28. The summed E-state index contributed by atoms with van der Waals surface area (Å²) in [5.41, 5.74) is 3.03. The fraction of sp³-hybridized carbons (Fsp3) is 0.500. The highest BCUT2D eigenvalue weighted by Gasteiger charge is 2.30. The number of hydrogen-bond acceptors (Lipinski definition) is 5. The Morgan fingerprint density at radius 3 is 2.86 bits per heavy atom. The molecule has 1 fully saturated rings. The van der Waals surface area contributed by atoms with Crippen LogP contribution in [0.5, 0.6) is 0 Å². The highest BCUT2D eigenvalue weighted by molar-refractivity contribution is 6.04. The van der Waals surface area contributed by atoms with Crippen molar-refractivity contribution < 1.29 is 14.3 Å². The van der Waals surface area contributed by atoms with Crippen LogP contribution in [0.3, 0.4) is 0 Å². The predicted octanol–water partition coefficient (Wildman–Crippen LogP) is 3.45. The number of rotatable bonds is 6. The Balaban J connectivity index is 1.55. The third kappa shape index (κ3) is 4.88. The van der Waals surface area contributed by atoms with Crippen molar-refractivity contribution in [2.45, 2.75) is 58.5 Å². The van der Waals surface area contributed by atoms with Crippen LogP contribution < -0.4 is 10.6 Å². The second-order valence-corrected chi connectivity index (χ2v) is 7.21. The molecule has 2 atom stereocenters. The van der Waals surface area contributed by atoms with Gasteiger partial charge in [-0.25, -0.2) is 4.79 Å². The zero-order chi connectivity index (χ0) is 20.1. The minimum absolute atomic E-state index is 0.0931. The Bertz CT molecular complexity index is 848. The van der Waals surface area contributed by atoms with Crippen molar-refractivity contribution in [3.63, 3.8) is 0 Å². The molecule has 0 radical (unpaired) electrons. The minimum atomic E-state index is -0.354. The number of nitrogens with one attached hydrogen (secondary N) is 3. The van der Waals surface area contributed by atoms with E-state index in [1.54, 1.807) is 6.07 Å². The molecular weight excluding hydrogens is 358 g/mol. The Labute approximate surface area is 164 Å². The molecule has 2 aromatic heterocycles. The van der Waals surface area contributed by atoms with Gasteiger partial charge >= 0.3 is 6.09 Å². The number of nitrogens with zero attached hydrogens (tertiary/aromatic N) is 2. The van der Waals surface area contributed by atoms with E-state index in [4.69, 9.17) is 4.74 Å². The maximum Gasteiger partial charge on any atom is 0.407 e. The quantitative estimate of drug-likeness (QED) is 0.706. The monoisotopic (exact) mass is 385 g/mol. The molecule has 0 unspecified atom stereocenters. The van der Waals surface area contributed by atoms with E-state index in [1.807, 2.05) is 32.9 Å². The molecule has 0 aliphatic heterocycles. The highest BCUT2D eigenvalue weighted by atomic mass is 16.6. The summed E-state index contributed by atoms with van der Waals surface area (Å²) >= 11 is 0. The van der Waals surface area contributed by atoms with Gasteiger partial charge in [0.1, 0.15) is 6.10 Å². The summed E-state index contributed by atoms with van der Waals surface area (Å²) in [6.07, 6.45) is 2.90. The molecule has 8 nitrogen and oxygen atoms in total. The first kappa shape index (κ1) is 19.9.